The van der Waals surface area contributed by atoms with Crippen molar-refractivity contribution < 1.29 is 9.53 Å². The van der Waals surface area contributed by atoms with E-state index in [0.717, 1.165) is 58.6 Å². The van der Waals surface area contributed by atoms with Crippen LogP contribution in [0.5, 0.6) is 0 Å². The number of rotatable bonds is 7. The molecule has 0 radical (unpaired) electrons. The number of halogens is 2. The molecule has 0 bridgehead atoms. The van der Waals surface area contributed by atoms with Crippen LogP contribution >= 0.6 is 24.8 Å². The van der Waals surface area contributed by atoms with Gasteiger partial charge in [-0.3, -0.25) is 4.79 Å². The van der Waals surface area contributed by atoms with Gasteiger partial charge in [-0.2, -0.15) is 0 Å². The molecular weight excluding hydrogens is 313 g/mol. The lowest BCUT2D eigenvalue weighted by Gasteiger charge is -2.21. The van der Waals surface area contributed by atoms with Crippen LogP contribution < -0.4 is 5.73 Å². The lowest BCUT2D eigenvalue weighted by atomic mass is 10.2. The van der Waals surface area contributed by atoms with Gasteiger partial charge in [0.15, 0.2) is 0 Å². The highest BCUT2D eigenvalue weighted by Gasteiger charge is 2.49. The van der Waals surface area contributed by atoms with Crippen LogP contribution in [-0.4, -0.2) is 66.7 Å². The molecule has 1 aliphatic heterocycles. The van der Waals surface area contributed by atoms with Gasteiger partial charge < -0.3 is 20.3 Å². The molecule has 0 aromatic carbocycles. The summed E-state index contributed by atoms with van der Waals surface area (Å²) in [5, 5.41) is 0. The summed E-state index contributed by atoms with van der Waals surface area (Å²) in [7, 11) is 0. The van der Waals surface area contributed by atoms with Crippen molar-refractivity contribution in [2.24, 2.45) is 5.73 Å². The van der Waals surface area contributed by atoms with E-state index >= 15 is 0 Å². The SMILES string of the molecule is CCN(CC)CCOC1CCN(C(=O)C2(N)CC2)C1.Cl.Cl. The van der Waals surface area contributed by atoms with Crippen LogP contribution in [-0.2, 0) is 9.53 Å². The second-order valence-electron chi connectivity index (χ2n) is 5.72. The number of likely N-dealkylation sites (tertiary alicyclic amines) is 1. The third kappa shape index (κ3) is 5.57. The molecule has 0 spiro atoms. The van der Waals surface area contributed by atoms with E-state index in [2.05, 4.69) is 18.7 Å². The van der Waals surface area contributed by atoms with E-state index < -0.39 is 5.54 Å². The van der Waals surface area contributed by atoms with Crippen LogP contribution in [0.25, 0.3) is 0 Å². The molecule has 21 heavy (non-hydrogen) atoms. The molecule has 0 aromatic rings. The van der Waals surface area contributed by atoms with Crippen molar-refractivity contribution in [1.29, 1.82) is 0 Å². The molecule has 1 amide bonds. The molecule has 2 rings (SSSR count). The molecule has 126 valence electrons. The molecule has 1 saturated heterocycles. The zero-order valence-corrected chi connectivity index (χ0v) is 14.7. The normalized spacial score (nSPS) is 22.7. The summed E-state index contributed by atoms with van der Waals surface area (Å²) < 4.78 is 5.87. The summed E-state index contributed by atoms with van der Waals surface area (Å²) in [6, 6.07) is 0. The standard InChI is InChI=1S/C14H27N3O2.2ClH/c1-3-16(4-2)9-10-19-12-5-8-17(11-12)13(18)14(15)6-7-14;;/h12H,3-11,15H2,1-2H3;2*1H. The highest BCUT2D eigenvalue weighted by atomic mass is 35.5. The van der Waals surface area contributed by atoms with Crippen LogP contribution in [0.15, 0.2) is 0 Å². The van der Waals surface area contributed by atoms with Gasteiger partial charge >= 0.3 is 0 Å². The van der Waals surface area contributed by atoms with Crippen molar-refractivity contribution in [1.82, 2.24) is 9.80 Å². The van der Waals surface area contributed by atoms with Crippen molar-refractivity contribution in [3.05, 3.63) is 0 Å². The average Bonchev–Trinajstić information content (AvgIpc) is 3.00. The third-order valence-corrected chi connectivity index (χ3v) is 4.30. The Labute approximate surface area is 140 Å². The van der Waals surface area contributed by atoms with Gasteiger partial charge in [-0.25, -0.2) is 0 Å². The lowest BCUT2D eigenvalue weighted by molar-refractivity contribution is -0.133. The van der Waals surface area contributed by atoms with Gasteiger partial charge in [0.2, 0.25) is 5.91 Å². The minimum Gasteiger partial charge on any atom is -0.375 e. The van der Waals surface area contributed by atoms with Gasteiger partial charge in [0.1, 0.15) is 0 Å². The molecular formula is C14H29Cl2N3O2. The monoisotopic (exact) mass is 341 g/mol. The summed E-state index contributed by atoms with van der Waals surface area (Å²) in [5.41, 5.74) is 5.42. The summed E-state index contributed by atoms with van der Waals surface area (Å²) in [4.78, 5) is 16.3. The van der Waals surface area contributed by atoms with Crippen molar-refractivity contribution >= 4 is 30.7 Å². The fourth-order valence-electron chi connectivity index (χ4n) is 2.60. The van der Waals surface area contributed by atoms with Crippen molar-refractivity contribution in [2.75, 3.05) is 39.3 Å². The predicted octanol–water partition coefficient (Wildman–Crippen LogP) is 1.28. The van der Waals surface area contributed by atoms with Gasteiger partial charge in [-0.15, -0.1) is 24.8 Å². The van der Waals surface area contributed by atoms with Gasteiger partial charge in [0.05, 0.1) is 18.2 Å². The number of hydrogen-bond acceptors (Lipinski definition) is 4. The van der Waals surface area contributed by atoms with Crippen LogP contribution in [0, 0.1) is 0 Å². The van der Waals surface area contributed by atoms with E-state index in [0.29, 0.717) is 0 Å². The molecule has 1 aliphatic carbocycles. The second kappa shape index (κ2) is 9.16. The molecule has 0 aromatic heterocycles. The van der Waals surface area contributed by atoms with Gasteiger partial charge in [0, 0.05) is 19.6 Å². The van der Waals surface area contributed by atoms with Crippen molar-refractivity contribution in [3.8, 4) is 0 Å². The summed E-state index contributed by atoms with van der Waals surface area (Å²) >= 11 is 0. The van der Waals surface area contributed by atoms with E-state index in [1.165, 1.54) is 0 Å². The zero-order chi connectivity index (χ0) is 13.9. The Kier molecular flexibility index (Phi) is 9.12. The molecule has 1 atom stereocenters. The number of carbonyl (C=O) groups is 1. The molecule has 1 unspecified atom stereocenters. The molecule has 2 fully saturated rings. The van der Waals surface area contributed by atoms with Crippen molar-refractivity contribution in [3.63, 3.8) is 0 Å². The lowest BCUT2D eigenvalue weighted by Crippen LogP contribution is -2.45. The predicted molar refractivity (Wildman–Crippen MR) is 89.4 cm³/mol. The Morgan fingerprint density at radius 3 is 2.48 bits per heavy atom. The maximum absolute atomic E-state index is 12.1. The number of amides is 1. The largest absolute Gasteiger partial charge is 0.375 e. The number of likely N-dealkylation sites (N-methyl/N-ethyl adjacent to an activating group) is 1. The average molecular weight is 342 g/mol. The quantitative estimate of drug-likeness (QED) is 0.757. The number of ether oxygens (including phenoxy) is 1. The number of nitrogens with zero attached hydrogens (tertiary/aromatic N) is 2. The summed E-state index contributed by atoms with van der Waals surface area (Å²) in [6.07, 6.45) is 2.83. The Bertz CT molecular complexity index is 323. The van der Waals surface area contributed by atoms with E-state index in [1.54, 1.807) is 0 Å². The first-order chi connectivity index (χ1) is 9.09. The number of nitrogens with two attached hydrogens (primary N) is 1. The van der Waals surface area contributed by atoms with Gasteiger partial charge in [0.25, 0.3) is 0 Å². The van der Waals surface area contributed by atoms with Crippen molar-refractivity contribution in [2.45, 2.75) is 44.8 Å². The fourth-order valence-corrected chi connectivity index (χ4v) is 2.60. The Morgan fingerprint density at radius 1 is 1.33 bits per heavy atom. The second-order valence-corrected chi connectivity index (χ2v) is 5.72. The fraction of sp³-hybridized carbons (Fsp3) is 0.929. The maximum Gasteiger partial charge on any atom is 0.242 e. The topological polar surface area (TPSA) is 58.8 Å². The molecule has 1 heterocycles. The third-order valence-electron chi connectivity index (χ3n) is 4.30. The number of hydrogen-bond donors (Lipinski definition) is 1. The van der Waals surface area contributed by atoms with Crippen LogP contribution in [0.3, 0.4) is 0 Å². The summed E-state index contributed by atoms with van der Waals surface area (Å²) in [5.74, 6) is 0.127. The maximum atomic E-state index is 12.1. The highest BCUT2D eigenvalue weighted by Crippen LogP contribution is 2.35. The van der Waals surface area contributed by atoms with E-state index in [4.69, 9.17) is 10.5 Å². The molecule has 7 heteroatoms. The van der Waals surface area contributed by atoms with E-state index in [9.17, 15) is 4.79 Å². The minimum absolute atomic E-state index is 0. The molecule has 5 nitrogen and oxygen atoms in total. The summed E-state index contributed by atoms with van der Waals surface area (Å²) in [6.45, 7) is 9.69. The first-order valence-corrected chi connectivity index (χ1v) is 7.51. The molecule has 2 aliphatic rings. The van der Waals surface area contributed by atoms with E-state index in [1.807, 2.05) is 4.90 Å². The molecule has 1 saturated carbocycles. The Balaban J connectivity index is 0.00000200. The Hall–Kier alpha value is -0.0700. The first-order valence-electron chi connectivity index (χ1n) is 7.51. The molecule has 2 N–H and O–H groups in total. The minimum atomic E-state index is -0.532. The smallest absolute Gasteiger partial charge is 0.242 e. The van der Waals surface area contributed by atoms with Crippen LogP contribution in [0.4, 0.5) is 0 Å². The number of carbonyl (C=O) groups excluding carboxylic acids is 1. The van der Waals surface area contributed by atoms with Crippen LogP contribution in [0.2, 0.25) is 0 Å². The zero-order valence-electron chi connectivity index (χ0n) is 13.0. The van der Waals surface area contributed by atoms with Gasteiger partial charge in [-0.05, 0) is 32.4 Å². The highest BCUT2D eigenvalue weighted by molar-refractivity contribution is 5.89. The Morgan fingerprint density at radius 2 is 1.95 bits per heavy atom. The van der Waals surface area contributed by atoms with E-state index in [-0.39, 0.29) is 36.8 Å². The first kappa shape index (κ1) is 20.9. The van der Waals surface area contributed by atoms with Gasteiger partial charge in [-0.1, -0.05) is 13.8 Å². The van der Waals surface area contributed by atoms with Crippen LogP contribution in [0.1, 0.15) is 33.1 Å².